The Balaban J connectivity index is 0.000000573. The van der Waals surface area contributed by atoms with Crippen LogP contribution in [0.3, 0.4) is 0 Å². The molecule has 0 aliphatic heterocycles. The van der Waals surface area contributed by atoms with Crippen molar-refractivity contribution >= 4 is 48.8 Å². The average molecular weight is 860 g/mol. The van der Waals surface area contributed by atoms with Crippen LogP contribution >= 0.6 is 0 Å². The zero-order chi connectivity index (χ0) is 36.9. The van der Waals surface area contributed by atoms with E-state index in [1.807, 2.05) is 0 Å². The quantitative estimate of drug-likeness (QED) is 0.126. The van der Waals surface area contributed by atoms with Gasteiger partial charge in [-0.3, -0.25) is 4.98 Å². The summed E-state index contributed by atoms with van der Waals surface area (Å²) in [5.41, 5.74) is 6.36. The monoisotopic (exact) mass is 861 g/mol. The van der Waals surface area contributed by atoms with E-state index in [1.54, 1.807) is 42.3 Å². The molecule has 1 aromatic heterocycles. The topological polar surface area (TPSA) is 69.3 Å². The summed E-state index contributed by atoms with van der Waals surface area (Å²) >= 11 is 0. The second-order valence-electron chi connectivity index (χ2n) is 12.5. The molecule has 0 amide bonds. The Labute approximate surface area is 334 Å². The molecule has 0 fully saturated rings. The average Bonchev–Trinajstić information content (AvgIpc) is 3.18. The standard InChI is InChI=1S/C41H29N2.3C2H6N.Hf/c1-27-24-25-29-13-3-9-20-35(29)40(27)43-41(39-33-18-7-4-14-30(33)26-31-15-5-8-19-34(31)39)38-23-11-22-37(42-38)36-21-10-16-28-12-2-6-17-32(28)36;3*1-3-2;/h2-26,41H,1H3;3*1-2H3;/q4*-1;+4. The fraction of sp³-hybridized carbons (Fsp3) is 0.170. The number of benzene rings is 7. The van der Waals surface area contributed by atoms with Crippen LogP contribution in [0.5, 0.6) is 0 Å². The third-order valence-corrected chi connectivity index (χ3v) is 8.56. The van der Waals surface area contributed by atoms with Crippen molar-refractivity contribution in [2.75, 3.05) is 42.3 Å². The van der Waals surface area contributed by atoms with Gasteiger partial charge in [-0.25, -0.2) is 0 Å². The van der Waals surface area contributed by atoms with Crippen molar-refractivity contribution in [1.29, 1.82) is 0 Å². The molecule has 5 nitrogen and oxygen atoms in total. The fourth-order valence-corrected chi connectivity index (χ4v) is 6.49. The molecule has 264 valence electrons. The second kappa shape index (κ2) is 20.5. The van der Waals surface area contributed by atoms with Gasteiger partial charge in [0.1, 0.15) is 0 Å². The van der Waals surface area contributed by atoms with E-state index in [1.165, 1.54) is 43.3 Å². The van der Waals surface area contributed by atoms with Gasteiger partial charge < -0.3 is 21.3 Å². The van der Waals surface area contributed by atoms with Gasteiger partial charge in [-0.1, -0.05) is 139 Å². The van der Waals surface area contributed by atoms with Crippen LogP contribution in [0.25, 0.3) is 75.6 Å². The van der Waals surface area contributed by atoms with Crippen molar-refractivity contribution < 1.29 is 25.8 Å². The zero-order valence-corrected chi connectivity index (χ0v) is 35.3. The van der Waals surface area contributed by atoms with E-state index in [2.05, 4.69) is 175 Å². The normalized spacial score (nSPS) is 10.9. The Morgan fingerprint density at radius 1 is 0.453 bits per heavy atom. The zero-order valence-electron chi connectivity index (χ0n) is 31.7. The summed E-state index contributed by atoms with van der Waals surface area (Å²) in [6.07, 6.45) is 0. The van der Waals surface area contributed by atoms with Crippen LogP contribution in [0.15, 0.2) is 152 Å². The number of hydrogen-bond donors (Lipinski definition) is 0. The van der Waals surface area contributed by atoms with E-state index in [9.17, 15) is 0 Å². The first-order valence-electron chi connectivity index (χ1n) is 17.5. The maximum absolute atomic E-state index is 5.66. The molecule has 53 heavy (non-hydrogen) atoms. The molecule has 8 aromatic rings. The number of rotatable bonds is 5. The number of fused-ring (bicyclic) bond motifs is 4. The molecule has 1 heterocycles. The van der Waals surface area contributed by atoms with Crippen molar-refractivity contribution in [2.45, 2.75) is 13.0 Å². The molecule has 0 spiro atoms. The minimum atomic E-state index is -0.324. The molecular formula is C47H47HfN5. The van der Waals surface area contributed by atoms with Crippen LogP contribution in [-0.2, 0) is 25.8 Å². The van der Waals surface area contributed by atoms with Gasteiger partial charge in [0.15, 0.2) is 0 Å². The van der Waals surface area contributed by atoms with Crippen molar-refractivity contribution in [2.24, 2.45) is 0 Å². The number of aryl methyl sites for hydroxylation is 1. The Bertz CT molecular complexity index is 2310. The summed E-state index contributed by atoms with van der Waals surface area (Å²) in [4.78, 5) is 5.40. The number of pyridine rings is 1. The van der Waals surface area contributed by atoms with Crippen LogP contribution < -0.4 is 0 Å². The predicted octanol–water partition coefficient (Wildman–Crippen LogP) is 13.3. The SMILES string of the molecule is C[N-]C.C[N-]C.C[N-]C.Cc1ccc2ccccc2c1[N-]C(c1cccc(-c2cccc3ccccc23)n1)c1c2ccccc2cc2ccccc12.[Hf+4]. The van der Waals surface area contributed by atoms with E-state index >= 15 is 0 Å². The molecule has 6 heteroatoms. The van der Waals surface area contributed by atoms with Gasteiger partial charge in [0.05, 0.1) is 5.69 Å². The van der Waals surface area contributed by atoms with Gasteiger partial charge in [0.25, 0.3) is 0 Å². The second-order valence-corrected chi connectivity index (χ2v) is 12.5. The third kappa shape index (κ3) is 9.64. The largest absolute Gasteiger partial charge is 4.00 e. The van der Waals surface area contributed by atoms with Gasteiger partial charge in [0.2, 0.25) is 0 Å². The first-order valence-corrected chi connectivity index (χ1v) is 17.5. The van der Waals surface area contributed by atoms with Crippen LogP contribution in [0.4, 0.5) is 5.69 Å². The molecule has 0 aliphatic rings. The number of aromatic nitrogens is 1. The first-order chi connectivity index (χ1) is 25.5. The molecule has 1 atom stereocenters. The van der Waals surface area contributed by atoms with E-state index in [4.69, 9.17) is 10.3 Å². The van der Waals surface area contributed by atoms with Gasteiger partial charge in [-0.2, -0.15) is 42.3 Å². The number of nitrogens with zero attached hydrogens (tertiary/aromatic N) is 5. The molecule has 0 radical (unpaired) electrons. The van der Waals surface area contributed by atoms with Crippen LogP contribution in [0.1, 0.15) is 22.9 Å². The van der Waals surface area contributed by atoms with Crippen molar-refractivity contribution in [3.05, 3.63) is 190 Å². The Morgan fingerprint density at radius 3 is 1.49 bits per heavy atom. The molecule has 0 bridgehead atoms. The molecule has 1 unspecified atom stereocenters. The van der Waals surface area contributed by atoms with Crippen LogP contribution in [0.2, 0.25) is 0 Å². The Hall–Kier alpha value is -4.72. The molecule has 0 saturated carbocycles. The minimum absolute atomic E-state index is 0. The Kier molecular flexibility index (Phi) is 15.9. The summed E-state index contributed by atoms with van der Waals surface area (Å²) in [6, 6.07) is 53.5. The van der Waals surface area contributed by atoms with Gasteiger partial charge in [-0.05, 0) is 79.8 Å². The van der Waals surface area contributed by atoms with E-state index in [0.29, 0.717) is 0 Å². The van der Waals surface area contributed by atoms with E-state index in [-0.39, 0.29) is 31.9 Å². The van der Waals surface area contributed by atoms with Crippen molar-refractivity contribution in [1.82, 2.24) is 4.98 Å². The van der Waals surface area contributed by atoms with Crippen molar-refractivity contribution in [3.63, 3.8) is 0 Å². The van der Waals surface area contributed by atoms with Gasteiger partial charge >= 0.3 is 25.8 Å². The van der Waals surface area contributed by atoms with Crippen LogP contribution in [0, 0.1) is 6.92 Å². The van der Waals surface area contributed by atoms with Gasteiger partial charge in [0, 0.05) is 11.3 Å². The minimum Gasteiger partial charge on any atom is -0.672 e. The Morgan fingerprint density at radius 2 is 0.906 bits per heavy atom. The van der Waals surface area contributed by atoms with E-state index in [0.717, 1.165) is 33.6 Å². The molecular weight excluding hydrogens is 813 g/mol. The molecule has 0 saturated heterocycles. The summed E-state index contributed by atoms with van der Waals surface area (Å²) in [7, 11) is 10.5. The maximum atomic E-state index is 5.66. The molecule has 0 N–H and O–H groups in total. The van der Waals surface area contributed by atoms with Crippen molar-refractivity contribution in [3.8, 4) is 11.3 Å². The molecule has 7 aromatic carbocycles. The maximum Gasteiger partial charge on any atom is 4.00 e. The third-order valence-electron chi connectivity index (χ3n) is 8.56. The fourth-order valence-electron chi connectivity index (χ4n) is 6.49. The predicted molar refractivity (Wildman–Crippen MR) is 228 cm³/mol. The van der Waals surface area contributed by atoms with Gasteiger partial charge in [-0.15, -0.1) is 5.69 Å². The summed E-state index contributed by atoms with van der Waals surface area (Å²) < 4.78 is 0. The molecule has 8 rings (SSSR count). The van der Waals surface area contributed by atoms with Crippen LogP contribution in [-0.4, -0.2) is 47.3 Å². The smallest absolute Gasteiger partial charge is 0.672 e. The summed E-state index contributed by atoms with van der Waals surface area (Å²) in [6.45, 7) is 2.16. The summed E-state index contributed by atoms with van der Waals surface area (Å²) in [5, 5.41) is 25.7. The van der Waals surface area contributed by atoms with E-state index < -0.39 is 0 Å². The molecule has 0 aliphatic carbocycles. The summed E-state index contributed by atoms with van der Waals surface area (Å²) in [5.74, 6) is 0. The number of hydrogen-bond acceptors (Lipinski definition) is 1. The first kappa shape index (κ1) is 41.0.